The van der Waals surface area contributed by atoms with Gasteiger partial charge in [0.05, 0.1) is 20.8 Å². The molecule has 1 aromatic carbocycles. The standard InChI is InChI=1S/C12H11BrClFN2O3S/c1-7-12(13)10(17(2)16-7)6-20-11-4-3-8(5-9(11)15)21(14,18)19/h3-5H,6H2,1-2H3. The lowest BCUT2D eigenvalue weighted by atomic mass is 10.3. The fraction of sp³-hybridized carbons (Fsp3) is 0.250. The molecule has 2 rings (SSSR count). The van der Waals surface area contributed by atoms with E-state index in [1.54, 1.807) is 11.7 Å². The fourth-order valence-corrected chi connectivity index (χ4v) is 2.95. The minimum atomic E-state index is -3.96. The molecule has 0 aliphatic heterocycles. The lowest BCUT2D eigenvalue weighted by molar-refractivity contribution is 0.279. The first-order valence-corrected chi connectivity index (χ1v) is 8.85. The summed E-state index contributed by atoms with van der Waals surface area (Å²) in [7, 11) is 2.93. The highest BCUT2D eigenvalue weighted by molar-refractivity contribution is 9.10. The normalized spacial score (nSPS) is 11.7. The Balaban J connectivity index is 2.21. The van der Waals surface area contributed by atoms with Crippen LogP contribution in [0.1, 0.15) is 11.4 Å². The number of aryl methyl sites for hydroxylation is 2. The van der Waals surface area contributed by atoms with E-state index in [-0.39, 0.29) is 17.3 Å². The van der Waals surface area contributed by atoms with Crippen molar-refractivity contribution < 1.29 is 17.5 Å². The number of nitrogens with zero attached hydrogens (tertiary/aromatic N) is 2. The molecule has 0 fully saturated rings. The van der Waals surface area contributed by atoms with E-state index in [1.807, 2.05) is 6.92 Å². The van der Waals surface area contributed by atoms with Crippen LogP contribution in [0.15, 0.2) is 27.6 Å². The maximum absolute atomic E-state index is 13.8. The molecule has 1 heterocycles. The monoisotopic (exact) mass is 396 g/mol. The van der Waals surface area contributed by atoms with Crippen molar-refractivity contribution in [3.63, 3.8) is 0 Å². The summed E-state index contributed by atoms with van der Waals surface area (Å²) in [5.74, 6) is -0.864. The summed E-state index contributed by atoms with van der Waals surface area (Å²) < 4.78 is 43.8. The molecular formula is C12H11BrClFN2O3S. The van der Waals surface area contributed by atoms with Crippen molar-refractivity contribution in [2.75, 3.05) is 0 Å². The lowest BCUT2D eigenvalue weighted by Crippen LogP contribution is -2.05. The van der Waals surface area contributed by atoms with Crippen LogP contribution in [-0.2, 0) is 22.7 Å². The molecule has 0 atom stereocenters. The summed E-state index contributed by atoms with van der Waals surface area (Å²) in [6.07, 6.45) is 0. The van der Waals surface area contributed by atoms with Crippen molar-refractivity contribution >= 4 is 35.7 Å². The molecule has 0 N–H and O–H groups in total. The molecule has 0 saturated carbocycles. The van der Waals surface area contributed by atoms with Crippen molar-refractivity contribution in [1.82, 2.24) is 9.78 Å². The summed E-state index contributed by atoms with van der Waals surface area (Å²) in [6, 6.07) is 3.23. The molecule has 2 aromatic rings. The third kappa shape index (κ3) is 3.56. The molecule has 114 valence electrons. The van der Waals surface area contributed by atoms with Gasteiger partial charge in [0.1, 0.15) is 6.61 Å². The topological polar surface area (TPSA) is 61.2 Å². The maximum atomic E-state index is 13.8. The Morgan fingerprint density at radius 2 is 2.14 bits per heavy atom. The van der Waals surface area contributed by atoms with Crippen molar-refractivity contribution in [3.05, 3.63) is 39.9 Å². The molecule has 0 bridgehead atoms. The summed E-state index contributed by atoms with van der Waals surface area (Å²) in [5.41, 5.74) is 1.53. The molecule has 5 nitrogen and oxygen atoms in total. The second-order valence-electron chi connectivity index (χ2n) is 4.29. The molecule has 1 aromatic heterocycles. The van der Waals surface area contributed by atoms with Gasteiger partial charge in [-0.15, -0.1) is 0 Å². The van der Waals surface area contributed by atoms with Crippen LogP contribution in [0.5, 0.6) is 5.75 Å². The average Bonchev–Trinajstić information content (AvgIpc) is 2.61. The Morgan fingerprint density at radius 1 is 1.48 bits per heavy atom. The minimum absolute atomic E-state index is 0.0650. The van der Waals surface area contributed by atoms with E-state index in [0.29, 0.717) is 0 Å². The van der Waals surface area contributed by atoms with Gasteiger partial charge in [0, 0.05) is 17.7 Å². The highest BCUT2D eigenvalue weighted by Gasteiger charge is 2.15. The molecule has 0 radical (unpaired) electrons. The molecule has 0 saturated heterocycles. The van der Waals surface area contributed by atoms with Gasteiger partial charge in [-0.25, -0.2) is 12.8 Å². The van der Waals surface area contributed by atoms with Crippen molar-refractivity contribution in [2.24, 2.45) is 7.05 Å². The van der Waals surface area contributed by atoms with Gasteiger partial charge in [0.2, 0.25) is 0 Å². The first kappa shape index (κ1) is 16.3. The lowest BCUT2D eigenvalue weighted by Gasteiger charge is -2.08. The van der Waals surface area contributed by atoms with E-state index in [1.165, 1.54) is 12.1 Å². The van der Waals surface area contributed by atoms with Crippen LogP contribution in [-0.4, -0.2) is 18.2 Å². The van der Waals surface area contributed by atoms with E-state index < -0.39 is 14.9 Å². The maximum Gasteiger partial charge on any atom is 0.261 e. The third-order valence-electron chi connectivity index (χ3n) is 2.81. The summed E-state index contributed by atoms with van der Waals surface area (Å²) in [5, 5.41) is 4.19. The second kappa shape index (κ2) is 5.94. The van der Waals surface area contributed by atoms with Crippen LogP contribution in [0.4, 0.5) is 4.39 Å². The number of rotatable bonds is 4. The Bertz CT molecular complexity index is 792. The van der Waals surface area contributed by atoms with Crippen LogP contribution in [0.3, 0.4) is 0 Å². The smallest absolute Gasteiger partial charge is 0.261 e. The highest BCUT2D eigenvalue weighted by atomic mass is 79.9. The quantitative estimate of drug-likeness (QED) is 0.744. The Kier molecular flexibility index (Phi) is 4.60. The molecule has 0 aliphatic carbocycles. The SMILES string of the molecule is Cc1nn(C)c(COc2ccc(S(=O)(=O)Cl)cc2F)c1Br. The predicted octanol–water partition coefficient (Wildman–Crippen LogP) is 3.14. The summed E-state index contributed by atoms with van der Waals surface area (Å²) in [6.45, 7) is 1.91. The minimum Gasteiger partial charge on any atom is -0.484 e. The Hall–Kier alpha value is -1.12. The molecule has 0 unspecified atom stereocenters. The number of hydrogen-bond donors (Lipinski definition) is 0. The Labute approximate surface area is 134 Å². The van der Waals surface area contributed by atoms with E-state index in [0.717, 1.165) is 21.9 Å². The number of aromatic nitrogens is 2. The van der Waals surface area contributed by atoms with Crippen molar-refractivity contribution in [3.8, 4) is 5.75 Å². The van der Waals surface area contributed by atoms with E-state index >= 15 is 0 Å². The van der Waals surface area contributed by atoms with E-state index in [2.05, 4.69) is 21.0 Å². The molecule has 0 spiro atoms. The van der Waals surface area contributed by atoms with Gasteiger partial charge in [0.25, 0.3) is 9.05 Å². The third-order valence-corrected chi connectivity index (χ3v) is 5.19. The van der Waals surface area contributed by atoms with Crippen LogP contribution in [0, 0.1) is 12.7 Å². The van der Waals surface area contributed by atoms with Gasteiger partial charge >= 0.3 is 0 Å². The number of hydrogen-bond acceptors (Lipinski definition) is 4. The van der Waals surface area contributed by atoms with Gasteiger partial charge in [-0.3, -0.25) is 4.68 Å². The van der Waals surface area contributed by atoms with Crippen LogP contribution >= 0.6 is 26.6 Å². The molecule has 9 heteroatoms. The first-order chi connectivity index (χ1) is 9.70. The van der Waals surface area contributed by atoms with Crippen LogP contribution in [0.25, 0.3) is 0 Å². The van der Waals surface area contributed by atoms with Gasteiger partial charge in [-0.2, -0.15) is 5.10 Å². The van der Waals surface area contributed by atoms with Gasteiger partial charge < -0.3 is 4.74 Å². The zero-order valence-corrected chi connectivity index (χ0v) is 14.3. The largest absolute Gasteiger partial charge is 0.484 e. The second-order valence-corrected chi connectivity index (χ2v) is 7.65. The van der Waals surface area contributed by atoms with E-state index in [9.17, 15) is 12.8 Å². The van der Waals surface area contributed by atoms with Crippen molar-refractivity contribution in [2.45, 2.75) is 18.4 Å². The highest BCUT2D eigenvalue weighted by Crippen LogP contribution is 2.26. The summed E-state index contributed by atoms with van der Waals surface area (Å²) in [4.78, 5) is -0.313. The zero-order chi connectivity index (χ0) is 15.8. The molecular weight excluding hydrogens is 387 g/mol. The van der Waals surface area contributed by atoms with Gasteiger partial charge in [-0.05, 0) is 41.1 Å². The molecule has 0 aliphatic rings. The fourth-order valence-electron chi connectivity index (χ4n) is 1.73. The Morgan fingerprint density at radius 3 is 2.62 bits per heavy atom. The van der Waals surface area contributed by atoms with Gasteiger partial charge in [-0.1, -0.05) is 0 Å². The predicted molar refractivity (Wildman–Crippen MR) is 79.4 cm³/mol. The molecule has 21 heavy (non-hydrogen) atoms. The number of benzene rings is 1. The number of ether oxygens (including phenoxy) is 1. The van der Waals surface area contributed by atoms with E-state index in [4.69, 9.17) is 15.4 Å². The van der Waals surface area contributed by atoms with Gasteiger partial charge in [0.15, 0.2) is 11.6 Å². The first-order valence-electron chi connectivity index (χ1n) is 5.75. The van der Waals surface area contributed by atoms with Crippen LogP contribution < -0.4 is 4.74 Å². The van der Waals surface area contributed by atoms with Crippen molar-refractivity contribution in [1.29, 1.82) is 0 Å². The number of halogens is 3. The zero-order valence-electron chi connectivity index (χ0n) is 11.1. The average molecular weight is 398 g/mol. The molecule has 0 amide bonds. The summed E-state index contributed by atoms with van der Waals surface area (Å²) >= 11 is 3.38. The van der Waals surface area contributed by atoms with Crippen LogP contribution in [0.2, 0.25) is 0 Å².